The van der Waals surface area contributed by atoms with E-state index in [9.17, 15) is 5.26 Å². The average molecular weight is 446 g/mol. The molecule has 5 aromatic rings. The van der Waals surface area contributed by atoms with Crippen molar-refractivity contribution in [3.05, 3.63) is 89.1 Å². The van der Waals surface area contributed by atoms with E-state index in [-0.39, 0.29) is 0 Å². The molecule has 0 aliphatic heterocycles. The van der Waals surface area contributed by atoms with Crippen LogP contribution in [0.2, 0.25) is 0 Å². The van der Waals surface area contributed by atoms with Crippen LogP contribution in [-0.4, -0.2) is 0 Å². The summed E-state index contributed by atoms with van der Waals surface area (Å²) in [4.78, 5) is 0. The predicted molar refractivity (Wildman–Crippen MR) is 138 cm³/mol. The van der Waals surface area contributed by atoms with Crippen LogP contribution < -0.4 is 4.57 Å². The minimum atomic E-state index is 0.601. The van der Waals surface area contributed by atoms with Crippen LogP contribution in [0.5, 0.6) is 0 Å². The first kappa shape index (κ1) is 21.9. The largest absolute Gasteiger partial charge is 0.454 e. The Morgan fingerprint density at radius 2 is 1.53 bits per heavy atom. The molecule has 0 atom stereocenters. The van der Waals surface area contributed by atoms with Gasteiger partial charge in [0.05, 0.1) is 17.2 Å². The molecule has 0 saturated carbocycles. The molecule has 5 rings (SSSR count). The molecule has 3 heteroatoms. The molecule has 0 unspecified atom stereocenters. The third kappa shape index (κ3) is 3.66. The molecule has 0 saturated heterocycles. The molecule has 0 fully saturated rings. The predicted octanol–water partition coefficient (Wildman–Crippen LogP) is 7.43. The Morgan fingerprint density at radius 1 is 0.853 bits per heavy atom. The zero-order valence-electron chi connectivity index (χ0n) is 20.4. The van der Waals surface area contributed by atoms with Gasteiger partial charge in [0.1, 0.15) is 18.2 Å². The van der Waals surface area contributed by atoms with E-state index in [0.717, 1.165) is 56.3 Å². The zero-order valence-corrected chi connectivity index (χ0v) is 20.4. The minimum absolute atomic E-state index is 0.601. The number of fused-ring (bicyclic) bond motifs is 3. The van der Waals surface area contributed by atoms with Crippen molar-refractivity contribution in [2.24, 2.45) is 13.0 Å². The van der Waals surface area contributed by atoms with Crippen LogP contribution >= 0.6 is 0 Å². The van der Waals surface area contributed by atoms with E-state index >= 15 is 0 Å². The lowest BCUT2D eigenvalue weighted by Gasteiger charge is -2.08. The number of nitriles is 1. The van der Waals surface area contributed by atoms with Gasteiger partial charge in [-0.15, -0.1) is 0 Å². The topological polar surface area (TPSA) is 40.8 Å². The van der Waals surface area contributed by atoms with Crippen molar-refractivity contribution in [1.29, 1.82) is 5.26 Å². The molecule has 0 aliphatic carbocycles. The lowest BCUT2D eigenvalue weighted by Crippen LogP contribution is -2.31. The molecule has 2 heterocycles. The molecule has 3 nitrogen and oxygen atoms in total. The number of nitrogens with zero attached hydrogens (tertiary/aromatic N) is 2. The molecule has 0 spiro atoms. The first-order chi connectivity index (χ1) is 16.4. The number of furan rings is 1. The highest BCUT2D eigenvalue weighted by molar-refractivity contribution is 6.13. The van der Waals surface area contributed by atoms with Gasteiger partial charge in [-0.3, -0.25) is 0 Å². The minimum Gasteiger partial charge on any atom is -0.454 e. The molecule has 0 N–H and O–H groups in total. The first-order valence-corrected chi connectivity index (χ1v) is 11.8. The summed E-state index contributed by atoms with van der Waals surface area (Å²) in [5, 5.41) is 12.0. The van der Waals surface area contributed by atoms with E-state index in [1.165, 1.54) is 11.1 Å². The molecular formula is C31H29N2O+. The Hall–Kier alpha value is -3.90. The average Bonchev–Trinajstić information content (AvgIpc) is 3.18. The third-order valence-corrected chi connectivity index (χ3v) is 6.56. The van der Waals surface area contributed by atoms with Gasteiger partial charge in [-0.2, -0.15) is 5.26 Å². The van der Waals surface area contributed by atoms with E-state index < -0.39 is 0 Å². The van der Waals surface area contributed by atoms with E-state index in [0.29, 0.717) is 11.5 Å². The SMILES string of the molecule is Cc1ccc(-c2c(C)ccc3c2oc2c(-c4ccc(CC(C)C)cc4)c(C#N)ccc23)[n+](C)c1. The van der Waals surface area contributed by atoms with Crippen LogP contribution in [0, 0.1) is 31.1 Å². The Kier molecular flexibility index (Phi) is 5.46. The fourth-order valence-electron chi connectivity index (χ4n) is 4.98. The van der Waals surface area contributed by atoms with Crippen molar-refractivity contribution in [2.45, 2.75) is 34.1 Å². The first-order valence-electron chi connectivity index (χ1n) is 11.8. The van der Waals surface area contributed by atoms with Gasteiger partial charge in [0, 0.05) is 28.0 Å². The van der Waals surface area contributed by atoms with Crippen LogP contribution in [0.25, 0.3) is 44.3 Å². The Labute approximate surface area is 200 Å². The number of hydrogen-bond donors (Lipinski definition) is 0. The summed E-state index contributed by atoms with van der Waals surface area (Å²) in [7, 11) is 2.07. The highest BCUT2D eigenvalue weighted by Gasteiger charge is 2.23. The van der Waals surface area contributed by atoms with Crippen molar-refractivity contribution >= 4 is 21.9 Å². The summed E-state index contributed by atoms with van der Waals surface area (Å²) in [6, 6.07) is 23.5. The summed E-state index contributed by atoms with van der Waals surface area (Å²) in [6.45, 7) is 8.67. The fourth-order valence-corrected chi connectivity index (χ4v) is 4.98. The van der Waals surface area contributed by atoms with Gasteiger partial charge >= 0.3 is 0 Å². The molecule has 0 radical (unpaired) electrons. The highest BCUT2D eigenvalue weighted by Crippen LogP contribution is 2.41. The molecular weight excluding hydrogens is 416 g/mol. The summed E-state index contributed by atoms with van der Waals surface area (Å²) >= 11 is 0. The van der Waals surface area contributed by atoms with Crippen LogP contribution in [0.4, 0.5) is 0 Å². The number of aromatic nitrogens is 1. The van der Waals surface area contributed by atoms with Gasteiger partial charge in [-0.05, 0) is 61.1 Å². The highest BCUT2D eigenvalue weighted by atomic mass is 16.3. The van der Waals surface area contributed by atoms with E-state index in [1.807, 2.05) is 12.1 Å². The third-order valence-electron chi connectivity index (χ3n) is 6.56. The smallest absolute Gasteiger partial charge is 0.216 e. The quantitative estimate of drug-likeness (QED) is 0.270. The monoisotopic (exact) mass is 445 g/mol. The van der Waals surface area contributed by atoms with Crippen LogP contribution in [-0.2, 0) is 13.5 Å². The van der Waals surface area contributed by atoms with Crippen LogP contribution in [0.3, 0.4) is 0 Å². The number of benzene rings is 3. The standard InChI is InChI=1S/C31H29N2O/c1-19(2)16-22-8-10-23(11-9-22)29-24(17-32)12-14-26-25-13-7-21(4)28(30(25)34-31(26)29)27-15-6-20(3)18-33(27)5/h6-15,18-19H,16H2,1-5H3/q+1. The van der Waals surface area contributed by atoms with Gasteiger partial charge < -0.3 is 4.42 Å². The van der Waals surface area contributed by atoms with Crippen molar-refractivity contribution in [2.75, 3.05) is 0 Å². The Balaban J connectivity index is 1.79. The number of hydrogen-bond acceptors (Lipinski definition) is 2. The van der Waals surface area contributed by atoms with Gasteiger partial charge in [0.15, 0.2) is 6.20 Å². The summed E-state index contributed by atoms with van der Waals surface area (Å²) < 4.78 is 8.81. The molecule has 3 aromatic carbocycles. The number of rotatable bonds is 4. The molecule has 0 amide bonds. The fraction of sp³-hybridized carbons (Fsp3) is 0.226. The number of pyridine rings is 1. The molecule has 168 valence electrons. The van der Waals surface area contributed by atoms with Crippen LogP contribution in [0.1, 0.15) is 36.1 Å². The van der Waals surface area contributed by atoms with Crippen molar-refractivity contribution in [1.82, 2.24) is 0 Å². The van der Waals surface area contributed by atoms with Gasteiger partial charge in [-0.25, -0.2) is 4.57 Å². The Bertz CT molecular complexity index is 1580. The van der Waals surface area contributed by atoms with Gasteiger partial charge in [-0.1, -0.05) is 50.2 Å². The second-order valence-electron chi connectivity index (χ2n) is 9.71. The van der Waals surface area contributed by atoms with Gasteiger partial charge in [0.25, 0.3) is 0 Å². The molecule has 34 heavy (non-hydrogen) atoms. The number of aryl methyl sites for hydroxylation is 3. The summed E-state index contributed by atoms with van der Waals surface area (Å²) in [5.41, 5.74) is 10.0. The zero-order chi connectivity index (χ0) is 24.0. The summed E-state index contributed by atoms with van der Waals surface area (Å²) in [6.07, 6.45) is 3.17. The maximum absolute atomic E-state index is 9.93. The maximum atomic E-state index is 9.93. The lowest BCUT2D eigenvalue weighted by atomic mass is 9.94. The summed E-state index contributed by atoms with van der Waals surface area (Å²) in [5.74, 6) is 0.601. The van der Waals surface area contributed by atoms with Crippen molar-refractivity contribution < 1.29 is 8.98 Å². The molecule has 0 aliphatic rings. The van der Waals surface area contributed by atoms with E-state index in [2.05, 4.69) is 100 Å². The van der Waals surface area contributed by atoms with Gasteiger partial charge in [0.2, 0.25) is 5.69 Å². The molecule has 2 aromatic heterocycles. The van der Waals surface area contributed by atoms with Crippen molar-refractivity contribution in [3.8, 4) is 28.5 Å². The maximum Gasteiger partial charge on any atom is 0.216 e. The van der Waals surface area contributed by atoms with Crippen molar-refractivity contribution in [3.63, 3.8) is 0 Å². The second-order valence-corrected chi connectivity index (χ2v) is 9.71. The van der Waals surface area contributed by atoms with E-state index in [4.69, 9.17) is 4.42 Å². The normalized spacial score (nSPS) is 11.4. The van der Waals surface area contributed by atoms with Crippen LogP contribution in [0.15, 0.2) is 71.3 Å². The second kappa shape index (κ2) is 8.47. The molecule has 0 bridgehead atoms. The van der Waals surface area contributed by atoms with E-state index in [1.54, 1.807) is 0 Å². The Morgan fingerprint density at radius 3 is 2.18 bits per heavy atom. The lowest BCUT2D eigenvalue weighted by molar-refractivity contribution is -0.660.